The van der Waals surface area contributed by atoms with Gasteiger partial charge in [-0.2, -0.15) is 0 Å². The Balaban J connectivity index is 2.48. The van der Waals surface area contributed by atoms with E-state index in [1.165, 1.54) is 11.3 Å². The number of aromatic nitrogens is 1. The average molecular weight is 227 g/mol. The van der Waals surface area contributed by atoms with Crippen LogP contribution in [0.3, 0.4) is 0 Å². The fraction of sp³-hybridized carbons (Fsp3) is 0.100. The van der Waals surface area contributed by atoms with Crippen LogP contribution in [0.15, 0.2) is 23.6 Å². The molecule has 1 N–H and O–H groups in total. The summed E-state index contributed by atoms with van der Waals surface area (Å²) in [5.41, 5.74) is 0.465. The van der Waals surface area contributed by atoms with Gasteiger partial charge >= 0.3 is 0 Å². The standard InChI is InChI=1S/C10H7F2NOS/c11-6-1-2-8(12)7(3-6)9-5-15-10(4-14)13-9/h1-3,5,14H,4H2. The predicted molar refractivity (Wildman–Crippen MR) is 53.4 cm³/mol. The van der Waals surface area contributed by atoms with E-state index in [1.54, 1.807) is 5.38 Å². The quantitative estimate of drug-likeness (QED) is 0.855. The number of halogens is 2. The van der Waals surface area contributed by atoms with Crippen molar-refractivity contribution >= 4 is 11.3 Å². The number of rotatable bonds is 2. The monoisotopic (exact) mass is 227 g/mol. The van der Waals surface area contributed by atoms with Crippen LogP contribution in [-0.2, 0) is 6.61 Å². The summed E-state index contributed by atoms with van der Waals surface area (Å²) in [6, 6.07) is 3.20. The number of hydrogen-bond acceptors (Lipinski definition) is 3. The largest absolute Gasteiger partial charge is 0.389 e. The molecule has 2 rings (SSSR count). The molecule has 0 radical (unpaired) electrons. The van der Waals surface area contributed by atoms with E-state index in [9.17, 15) is 8.78 Å². The summed E-state index contributed by atoms with van der Waals surface area (Å²) in [6.07, 6.45) is 0. The molecule has 5 heteroatoms. The van der Waals surface area contributed by atoms with Gasteiger partial charge in [-0.25, -0.2) is 13.8 Å². The zero-order chi connectivity index (χ0) is 10.8. The number of nitrogens with zero attached hydrogens (tertiary/aromatic N) is 1. The number of benzene rings is 1. The van der Waals surface area contributed by atoms with E-state index in [1.807, 2.05) is 0 Å². The topological polar surface area (TPSA) is 33.1 Å². The van der Waals surface area contributed by atoms with Crippen LogP contribution in [-0.4, -0.2) is 10.1 Å². The molecule has 78 valence electrons. The maximum atomic E-state index is 13.3. The predicted octanol–water partition coefficient (Wildman–Crippen LogP) is 2.58. The Hall–Kier alpha value is -1.33. The second kappa shape index (κ2) is 4.04. The minimum atomic E-state index is -0.522. The Morgan fingerprint density at radius 1 is 1.33 bits per heavy atom. The third-order valence-electron chi connectivity index (χ3n) is 1.89. The maximum Gasteiger partial charge on any atom is 0.132 e. The molecule has 0 aliphatic carbocycles. The minimum absolute atomic E-state index is 0.117. The van der Waals surface area contributed by atoms with Crippen molar-refractivity contribution in [3.05, 3.63) is 40.2 Å². The lowest BCUT2D eigenvalue weighted by Gasteiger charge is -1.98. The summed E-state index contributed by atoms with van der Waals surface area (Å²) in [5, 5.41) is 10.9. The molecule has 2 aromatic rings. The van der Waals surface area contributed by atoms with Crippen molar-refractivity contribution < 1.29 is 13.9 Å². The van der Waals surface area contributed by atoms with E-state index in [2.05, 4.69) is 4.98 Å². The SMILES string of the molecule is OCc1nc(-c2cc(F)ccc2F)cs1. The van der Waals surface area contributed by atoms with Crippen LogP contribution < -0.4 is 0 Å². The normalized spacial score (nSPS) is 10.6. The highest BCUT2D eigenvalue weighted by Crippen LogP contribution is 2.25. The molecule has 0 atom stereocenters. The molecule has 0 spiro atoms. The Bertz CT molecular complexity index is 484. The van der Waals surface area contributed by atoms with Gasteiger partial charge in [0.05, 0.1) is 12.3 Å². The third kappa shape index (κ3) is 2.03. The van der Waals surface area contributed by atoms with Crippen LogP contribution in [0.25, 0.3) is 11.3 Å². The van der Waals surface area contributed by atoms with E-state index in [0.717, 1.165) is 18.2 Å². The number of hydrogen-bond donors (Lipinski definition) is 1. The highest BCUT2D eigenvalue weighted by molar-refractivity contribution is 7.09. The van der Waals surface area contributed by atoms with Crippen molar-refractivity contribution in [1.82, 2.24) is 4.98 Å². The molecule has 0 saturated heterocycles. The molecule has 1 aromatic carbocycles. The van der Waals surface area contributed by atoms with Crippen molar-refractivity contribution in [1.29, 1.82) is 0 Å². The van der Waals surface area contributed by atoms with Crippen LogP contribution in [0.5, 0.6) is 0 Å². The average Bonchev–Trinajstić information content (AvgIpc) is 2.70. The van der Waals surface area contributed by atoms with E-state index in [4.69, 9.17) is 5.11 Å². The first-order valence-electron chi connectivity index (χ1n) is 4.21. The van der Waals surface area contributed by atoms with Gasteiger partial charge in [0.15, 0.2) is 0 Å². The molecule has 0 saturated carbocycles. The molecule has 0 amide bonds. The van der Waals surface area contributed by atoms with E-state index >= 15 is 0 Å². The summed E-state index contributed by atoms with van der Waals surface area (Å²) >= 11 is 1.21. The van der Waals surface area contributed by atoms with Crippen LogP contribution in [0.4, 0.5) is 8.78 Å². The Morgan fingerprint density at radius 3 is 2.80 bits per heavy atom. The van der Waals surface area contributed by atoms with Gasteiger partial charge in [-0.1, -0.05) is 0 Å². The molecule has 1 heterocycles. The van der Waals surface area contributed by atoms with Crippen LogP contribution >= 0.6 is 11.3 Å². The third-order valence-corrected chi connectivity index (χ3v) is 2.72. The summed E-state index contributed by atoms with van der Waals surface area (Å²) in [6.45, 7) is -0.193. The van der Waals surface area contributed by atoms with Gasteiger partial charge in [0.25, 0.3) is 0 Å². The zero-order valence-corrected chi connectivity index (χ0v) is 8.39. The molecular formula is C10H7F2NOS. The van der Waals surface area contributed by atoms with Gasteiger partial charge in [0.1, 0.15) is 16.6 Å². The van der Waals surface area contributed by atoms with Gasteiger partial charge in [0, 0.05) is 10.9 Å². The molecule has 15 heavy (non-hydrogen) atoms. The van der Waals surface area contributed by atoms with Crippen LogP contribution in [0, 0.1) is 11.6 Å². The fourth-order valence-corrected chi connectivity index (χ4v) is 1.85. The van der Waals surface area contributed by atoms with Crippen LogP contribution in [0.1, 0.15) is 5.01 Å². The maximum absolute atomic E-state index is 13.3. The molecule has 0 aliphatic rings. The number of thiazole rings is 1. The van der Waals surface area contributed by atoms with E-state index < -0.39 is 11.6 Å². The smallest absolute Gasteiger partial charge is 0.132 e. The second-order valence-corrected chi connectivity index (χ2v) is 3.85. The molecule has 2 nitrogen and oxygen atoms in total. The minimum Gasteiger partial charge on any atom is -0.389 e. The fourth-order valence-electron chi connectivity index (χ4n) is 1.20. The lowest BCUT2D eigenvalue weighted by molar-refractivity contribution is 0.281. The first-order valence-corrected chi connectivity index (χ1v) is 5.09. The van der Waals surface area contributed by atoms with Gasteiger partial charge in [0.2, 0.25) is 0 Å². The van der Waals surface area contributed by atoms with Crippen molar-refractivity contribution in [3.8, 4) is 11.3 Å². The number of aliphatic hydroxyl groups excluding tert-OH is 1. The molecule has 0 aliphatic heterocycles. The molecule has 0 fully saturated rings. The molecule has 1 aromatic heterocycles. The summed E-state index contributed by atoms with van der Waals surface area (Å²) in [4.78, 5) is 3.96. The summed E-state index contributed by atoms with van der Waals surface area (Å²) < 4.78 is 26.2. The summed E-state index contributed by atoms with van der Waals surface area (Å²) in [7, 11) is 0. The first-order chi connectivity index (χ1) is 7.20. The molecule has 0 bridgehead atoms. The van der Waals surface area contributed by atoms with Crippen molar-refractivity contribution in [2.75, 3.05) is 0 Å². The van der Waals surface area contributed by atoms with Gasteiger partial charge < -0.3 is 5.11 Å². The summed E-state index contributed by atoms with van der Waals surface area (Å²) in [5.74, 6) is -1.03. The van der Waals surface area contributed by atoms with Crippen molar-refractivity contribution in [3.63, 3.8) is 0 Å². The van der Waals surface area contributed by atoms with E-state index in [-0.39, 0.29) is 12.2 Å². The lowest BCUT2D eigenvalue weighted by atomic mass is 10.1. The highest BCUT2D eigenvalue weighted by Gasteiger charge is 2.09. The van der Waals surface area contributed by atoms with Gasteiger partial charge in [-0.05, 0) is 18.2 Å². The zero-order valence-electron chi connectivity index (χ0n) is 7.58. The Morgan fingerprint density at radius 2 is 2.13 bits per heavy atom. The number of aliphatic hydroxyl groups is 1. The Kier molecular flexibility index (Phi) is 2.75. The molecule has 0 unspecified atom stereocenters. The lowest BCUT2D eigenvalue weighted by Crippen LogP contribution is -1.87. The Labute approximate surface area is 88.8 Å². The van der Waals surface area contributed by atoms with Crippen LogP contribution in [0.2, 0.25) is 0 Å². The second-order valence-electron chi connectivity index (χ2n) is 2.91. The van der Waals surface area contributed by atoms with Gasteiger partial charge in [-0.15, -0.1) is 11.3 Å². The van der Waals surface area contributed by atoms with Gasteiger partial charge in [-0.3, -0.25) is 0 Å². The highest BCUT2D eigenvalue weighted by atomic mass is 32.1. The van der Waals surface area contributed by atoms with Crippen molar-refractivity contribution in [2.45, 2.75) is 6.61 Å². The molecular weight excluding hydrogens is 220 g/mol. The first kappa shape index (κ1) is 10.2. The van der Waals surface area contributed by atoms with E-state index in [0.29, 0.717) is 10.7 Å². The van der Waals surface area contributed by atoms with Crippen molar-refractivity contribution in [2.24, 2.45) is 0 Å².